The molecule has 1 aromatic rings. The van der Waals surface area contributed by atoms with E-state index in [1.54, 1.807) is 11.0 Å². The number of rotatable bonds is 23. The number of hydrogen-bond acceptors (Lipinski definition) is 8. The van der Waals surface area contributed by atoms with E-state index in [2.05, 4.69) is 36.7 Å². The second-order valence-electron chi connectivity index (χ2n) is 20.0. The maximum absolute atomic E-state index is 13.9. The number of ketones is 1. The molecule has 2 aliphatic carbocycles. The van der Waals surface area contributed by atoms with Crippen LogP contribution >= 0.6 is 0 Å². The van der Waals surface area contributed by atoms with Crippen LogP contribution in [0.3, 0.4) is 0 Å². The van der Waals surface area contributed by atoms with E-state index < -0.39 is 58.7 Å². The molecule has 0 radical (unpaired) electrons. The molecule has 14 heteroatoms. The van der Waals surface area contributed by atoms with E-state index in [0.29, 0.717) is 25.5 Å². The number of hydrogen-bond donors (Lipinski definition) is 5. The first-order valence-corrected chi connectivity index (χ1v) is 22.6. The second kappa shape index (κ2) is 22.7. The molecule has 0 aromatic carbocycles. The van der Waals surface area contributed by atoms with Gasteiger partial charge in [0.1, 0.15) is 12.1 Å². The fraction of sp³-hybridized carbons (Fsp3) is 0.783. The van der Waals surface area contributed by atoms with Crippen LogP contribution in [0, 0.1) is 28.6 Å². The number of carboxylic acid groups (broad SMARTS) is 1. The van der Waals surface area contributed by atoms with Crippen LogP contribution in [-0.2, 0) is 19.2 Å². The molecule has 60 heavy (non-hydrogen) atoms. The predicted octanol–water partition coefficient (Wildman–Crippen LogP) is 7.77. The fourth-order valence-electron chi connectivity index (χ4n) is 8.49. The lowest BCUT2D eigenvalue weighted by Crippen LogP contribution is -2.62. The molecule has 6 N–H and O–H groups in total. The van der Waals surface area contributed by atoms with Gasteiger partial charge in [-0.05, 0) is 68.3 Å². The van der Waals surface area contributed by atoms with Crippen LogP contribution in [0.25, 0.3) is 0 Å². The third-order valence-corrected chi connectivity index (χ3v) is 12.3. The van der Waals surface area contributed by atoms with Gasteiger partial charge >= 0.3 is 12.0 Å². The number of aromatic carboxylic acids is 1. The van der Waals surface area contributed by atoms with Crippen molar-refractivity contribution in [3.05, 3.63) is 17.9 Å². The van der Waals surface area contributed by atoms with E-state index in [0.717, 1.165) is 32.1 Å². The van der Waals surface area contributed by atoms with Gasteiger partial charge in [-0.1, -0.05) is 131 Å². The number of primary amides is 1. The molecule has 3 fully saturated rings. The lowest BCUT2D eigenvalue weighted by atomic mass is 9.80. The molecule has 2 saturated carbocycles. The molecule has 1 aromatic heterocycles. The Morgan fingerprint density at radius 1 is 0.883 bits per heavy atom. The van der Waals surface area contributed by atoms with Crippen LogP contribution in [0.2, 0.25) is 0 Å². The minimum Gasteiger partial charge on any atom is -0.475 e. The van der Waals surface area contributed by atoms with E-state index in [1.165, 1.54) is 70.3 Å². The van der Waals surface area contributed by atoms with Gasteiger partial charge in [0.2, 0.25) is 23.4 Å². The quantitative estimate of drug-likeness (QED) is 0.0537. The van der Waals surface area contributed by atoms with Gasteiger partial charge in [-0.15, -0.1) is 0 Å². The van der Waals surface area contributed by atoms with Gasteiger partial charge in [-0.3, -0.25) is 19.2 Å². The predicted molar refractivity (Wildman–Crippen MR) is 231 cm³/mol. The van der Waals surface area contributed by atoms with Crippen LogP contribution in [0.4, 0.5) is 4.79 Å². The molecular formula is C46H77N5O9. The Kier molecular flexibility index (Phi) is 19.0. The third-order valence-electron chi connectivity index (χ3n) is 12.3. The molecular weight excluding hydrogens is 767 g/mol. The summed E-state index contributed by atoms with van der Waals surface area (Å²) in [6.07, 6.45) is 19.0. The molecule has 1 unspecified atom stereocenters. The minimum atomic E-state index is -1.07. The number of nitrogens with one attached hydrogen (secondary N) is 3. The van der Waals surface area contributed by atoms with Crippen molar-refractivity contribution in [1.82, 2.24) is 20.9 Å². The maximum atomic E-state index is 13.9. The van der Waals surface area contributed by atoms with Crippen molar-refractivity contribution in [2.45, 2.75) is 189 Å². The summed E-state index contributed by atoms with van der Waals surface area (Å²) in [5.41, 5.74) is 4.04. The topological polar surface area (TPSA) is 210 Å². The van der Waals surface area contributed by atoms with Crippen molar-refractivity contribution in [2.75, 3.05) is 13.2 Å². The van der Waals surface area contributed by atoms with Crippen LogP contribution in [0.5, 0.6) is 5.95 Å². The summed E-state index contributed by atoms with van der Waals surface area (Å²) in [6, 6.07) is -0.149. The fourth-order valence-corrected chi connectivity index (χ4v) is 8.49. The van der Waals surface area contributed by atoms with E-state index in [4.69, 9.17) is 20.0 Å². The van der Waals surface area contributed by atoms with E-state index in [9.17, 15) is 28.8 Å². The first-order chi connectivity index (χ1) is 28.1. The number of carboxylic acids is 1. The summed E-state index contributed by atoms with van der Waals surface area (Å²) in [4.78, 5) is 76.7. The third kappa shape index (κ3) is 15.4. The van der Waals surface area contributed by atoms with Gasteiger partial charge in [0.15, 0.2) is 0 Å². The van der Waals surface area contributed by atoms with Gasteiger partial charge in [0.25, 0.3) is 11.9 Å². The number of likely N-dealkylation sites (tertiary alicyclic amines) is 1. The van der Waals surface area contributed by atoms with Crippen LogP contribution in [-0.4, -0.2) is 82.3 Å². The maximum Gasteiger partial charge on any atom is 0.371 e. The smallest absolute Gasteiger partial charge is 0.371 e. The number of urea groups is 1. The Morgan fingerprint density at radius 3 is 1.92 bits per heavy atom. The molecule has 2 heterocycles. The molecule has 1 saturated heterocycles. The molecule has 5 amide bonds. The number of piperidine rings is 1. The molecule has 5 atom stereocenters. The Bertz CT molecular complexity index is 1590. The highest BCUT2D eigenvalue weighted by atomic mass is 16.6. The number of unbranched alkanes of at least 4 members (excludes halogenated alkanes) is 11. The molecule has 0 bridgehead atoms. The average molecular weight is 844 g/mol. The minimum absolute atomic E-state index is 0.0744. The van der Waals surface area contributed by atoms with Gasteiger partial charge in [-0.2, -0.15) is 0 Å². The highest BCUT2D eigenvalue weighted by Crippen LogP contribution is 2.65. The van der Waals surface area contributed by atoms with Crippen LogP contribution < -0.4 is 26.4 Å². The second-order valence-corrected chi connectivity index (χ2v) is 20.0. The first-order valence-electron chi connectivity index (χ1n) is 22.6. The molecule has 3 aliphatic rings. The number of fused-ring (bicyclic) bond motifs is 1. The van der Waals surface area contributed by atoms with Crippen molar-refractivity contribution in [3.8, 4) is 5.95 Å². The number of amides is 5. The van der Waals surface area contributed by atoms with E-state index in [-0.39, 0.29) is 34.8 Å². The van der Waals surface area contributed by atoms with Crippen molar-refractivity contribution in [2.24, 2.45) is 34.3 Å². The average Bonchev–Trinajstić information content (AvgIpc) is 3.52. The number of furan rings is 1. The van der Waals surface area contributed by atoms with Gasteiger partial charge in [-0.25, -0.2) is 9.59 Å². The Labute approximate surface area is 358 Å². The van der Waals surface area contributed by atoms with Gasteiger partial charge in [0.05, 0.1) is 12.6 Å². The lowest BCUT2D eigenvalue weighted by Gasteiger charge is -2.38. The highest BCUT2D eigenvalue weighted by molar-refractivity contribution is 6.37. The molecule has 1 aliphatic heterocycles. The number of nitrogens with zero attached hydrogens (tertiary/aromatic N) is 1. The monoisotopic (exact) mass is 844 g/mol. The number of carbonyl (C=O) groups excluding carboxylic acids is 5. The summed E-state index contributed by atoms with van der Waals surface area (Å²) in [7, 11) is 0. The lowest BCUT2D eigenvalue weighted by molar-refractivity contribution is -0.145. The number of nitrogens with two attached hydrogens (primary N) is 1. The Morgan fingerprint density at radius 2 is 1.45 bits per heavy atom. The number of ether oxygens (including phenoxy) is 1. The Balaban J connectivity index is 0.000000359. The van der Waals surface area contributed by atoms with Crippen LogP contribution in [0.15, 0.2) is 16.5 Å². The summed E-state index contributed by atoms with van der Waals surface area (Å²) < 4.78 is 10.4. The summed E-state index contributed by atoms with van der Waals surface area (Å²) >= 11 is 0. The SMILES string of the molecule is CC(C)(C)NC(=O)N[C@H](C(=O)N1C[C@H]2[C@@H]([C@H]1C(=O)NC(CC1CCC1)C(=O)C(N)=O)C2(C)C)C(C)(C)C.CCCCCCCCCCCCCCOc1ccc(C(=O)O)o1. The van der Waals surface area contributed by atoms with E-state index in [1.807, 2.05) is 41.5 Å². The van der Waals surface area contributed by atoms with Gasteiger partial charge in [0, 0.05) is 18.2 Å². The zero-order chi connectivity index (χ0) is 44.8. The Hall–Kier alpha value is -4.10. The molecule has 4 rings (SSSR count). The van der Waals surface area contributed by atoms with Gasteiger partial charge < -0.3 is 40.8 Å². The summed E-state index contributed by atoms with van der Waals surface area (Å²) in [6.45, 7) is 18.5. The van der Waals surface area contributed by atoms with Crippen molar-refractivity contribution < 1.29 is 43.0 Å². The first kappa shape index (κ1) is 50.3. The highest BCUT2D eigenvalue weighted by Gasteiger charge is 2.70. The standard InChI is InChI=1S/C27H45N5O5.C19H32O4/c1-25(2,3)20(30-24(37)31-26(4,5)6)23(36)32-13-15-17(27(15,7)8)18(32)22(35)29-16(19(33)21(28)34)12-14-10-9-11-14;1-2-3-4-5-6-7-8-9-10-11-12-13-16-22-18-15-14-17(23-18)19(20)21/h14-18,20H,9-13H2,1-8H3,(H2,28,34)(H,29,35)(H2,30,31,37);14-15H,2-13,16H2,1H3,(H,20,21)/t15-,16?,17-,18-,20+;/m0./s1. The normalized spacial score (nSPS) is 20.4. The van der Waals surface area contributed by atoms with E-state index >= 15 is 0 Å². The summed E-state index contributed by atoms with van der Waals surface area (Å²) in [5.74, 6) is -3.19. The van der Waals surface area contributed by atoms with Crippen molar-refractivity contribution in [3.63, 3.8) is 0 Å². The molecule has 340 valence electrons. The summed E-state index contributed by atoms with van der Waals surface area (Å²) in [5, 5.41) is 17.2. The van der Waals surface area contributed by atoms with Crippen molar-refractivity contribution in [1.29, 1.82) is 0 Å². The number of carbonyl (C=O) groups is 6. The zero-order valence-corrected chi connectivity index (χ0v) is 38.1. The molecule has 14 nitrogen and oxygen atoms in total. The largest absolute Gasteiger partial charge is 0.475 e. The zero-order valence-electron chi connectivity index (χ0n) is 38.1. The molecule has 0 spiro atoms. The van der Waals surface area contributed by atoms with Crippen molar-refractivity contribution >= 4 is 35.5 Å². The number of Topliss-reactive ketones (excluding diaryl/α,β-unsaturated/α-hetero) is 1. The van der Waals surface area contributed by atoms with Crippen LogP contribution in [0.1, 0.15) is 176 Å².